The number of carbonyl (C=O) groups excluding carboxylic acids is 8. The molecule has 2 aliphatic rings. The lowest BCUT2D eigenvalue weighted by Crippen LogP contribution is -2.65. The smallest absolute Gasteiger partial charge is 0.305 e. The monoisotopic (exact) mass is 678 g/mol. The summed E-state index contributed by atoms with van der Waals surface area (Å²) in [7, 11) is 0. The Morgan fingerprint density at radius 3 is 1.09 bits per heavy atom. The number of hydrogen-bond acceptors (Lipinski definition) is 19. The van der Waals surface area contributed by atoms with Gasteiger partial charge in [-0.2, -0.15) is 0 Å². The third kappa shape index (κ3) is 12.1. The van der Waals surface area contributed by atoms with Gasteiger partial charge in [0.1, 0.15) is 18.8 Å². The van der Waals surface area contributed by atoms with Gasteiger partial charge in [-0.15, -0.1) is 0 Å². The van der Waals surface area contributed by atoms with E-state index in [-0.39, 0.29) is 0 Å². The van der Waals surface area contributed by atoms with Crippen molar-refractivity contribution in [2.24, 2.45) is 0 Å². The third-order valence-corrected chi connectivity index (χ3v) is 6.15. The highest BCUT2D eigenvalue weighted by atomic mass is 16.8. The summed E-state index contributed by atoms with van der Waals surface area (Å²) in [5.74, 6) is -6.93. The molecule has 19 nitrogen and oxygen atoms in total. The van der Waals surface area contributed by atoms with Crippen LogP contribution in [0.15, 0.2) is 0 Å². The lowest BCUT2D eigenvalue weighted by Gasteiger charge is -2.46. The number of ether oxygens (including phenoxy) is 11. The highest BCUT2D eigenvalue weighted by Crippen LogP contribution is 2.33. The number of rotatable bonds is 12. The largest absolute Gasteiger partial charge is 0.463 e. The Kier molecular flexibility index (Phi) is 14.5. The first-order chi connectivity index (χ1) is 21.9. The van der Waals surface area contributed by atoms with Gasteiger partial charge in [-0.1, -0.05) is 0 Å². The van der Waals surface area contributed by atoms with Crippen LogP contribution >= 0.6 is 0 Å². The molecule has 2 heterocycles. The first-order valence-corrected chi connectivity index (χ1v) is 14.2. The van der Waals surface area contributed by atoms with Crippen LogP contribution in [-0.4, -0.2) is 122 Å². The van der Waals surface area contributed by atoms with Crippen LogP contribution in [0.4, 0.5) is 0 Å². The molecule has 2 fully saturated rings. The molecule has 0 radical (unpaired) electrons. The van der Waals surface area contributed by atoms with Crippen LogP contribution in [0.25, 0.3) is 0 Å². The van der Waals surface area contributed by atoms with Crippen molar-refractivity contribution < 1.29 is 90.5 Å². The minimum Gasteiger partial charge on any atom is -0.463 e. The Bertz CT molecular complexity index is 1200. The van der Waals surface area contributed by atoms with Crippen LogP contribution in [0.1, 0.15) is 55.4 Å². The van der Waals surface area contributed by atoms with Gasteiger partial charge in [-0.25, -0.2) is 0 Å². The van der Waals surface area contributed by atoms with Gasteiger partial charge in [0.05, 0.1) is 6.61 Å². The summed E-state index contributed by atoms with van der Waals surface area (Å²) < 4.78 is 59.8. The molecule has 0 aromatic carbocycles. The van der Waals surface area contributed by atoms with Gasteiger partial charge in [0.15, 0.2) is 36.8 Å². The quantitative estimate of drug-likeness (QED) is 0.181. The maximum atomic E-state index is 12.1. The van der Waals surface area contributed by atoms with E-state index < -0.39 is 122 Å². The fraction of sp³-hybridized carbons (Fsp3) is 0.714. The van der Waals surface area contributed by atoms with E-state index in [4.69, 9.17) is 52.1 Å². The van der Waals surface area contributed by atoms with E-state index in [0.29, 0.717) is 0 Å². The second kappa shape index (κ2) is 17.5. The summed E-state index contributed by atoms with van der Waals surface area (Å²) in [4.78, 5) is 95.9. The highest BCUT2D eigenvalue weighted by molar-refractivity contribution is 5.70. The second-order valence-electron chi connectivity index (χ2n) is 10.3. The summed E-state index contributed by atoms with van der Waals surface area (Å²) in [6.45, 7) is 7.09. The van der Waals surface area contributed by atoms with Gasteiger partial charge in [-0.3, -0.25) is 38.4 Å². The van der Waals surface area contributed by atoms with Gasteiger partial charge < -0.3 is 52.1 Å². The van der Waals surface area contributed by atoms with E-state index in [9.17, 15) is 38.4 Å². The fourth-order valence-corrected chi connectivity index (χ4v) is 4.76. The average Bonchev–Trinajstić information content (AvgIpc) is 2.91. The van der Waals surface area contributed by atoms with Crippen molar-refractivity contribution in [3.63, 3.8) is 0 Å². The number of esters is 8. The standard InChI is InChI=1S/C28H38O19/c1-11(29)37-9-19-21(39-12(2)30)23(41-14(4)32)25(43-16(6)34)27(46-19)38-10-20-22(40-13(3)31)24(42-15(5)33)26(44-17(7)35)28(47-20)45-18(8)36/h19-28H,9-10H2,1-8H3/t19-,20-,21-,22-,23+,24+,25+,26+,27+,28?/m1/s1. The predicted octanol–water partition coefficient (Wildman–Crippen LogP) is -0.831. The second-order valence-corrected chi connectivity index (χ2v) is 10.3. The zero-order valence-electron chi connectivity index (χ0n) is 26.9. The molecule has 1 unspecified atom stereocenters. The maximum absolute atomic E-state index is 12.1. The van der Waals surface area contributed by atoms with Crippen molar-refractivity contribution in [3.05, 3.63) is 0 Å². The van der Waals surface area contributed by atoms with E-state index >= 15 is 0 Å². The van der Waals surface area contributed by atoms with Crippen LogP contribution in [0.2, 0.25) is 0 Å². The topological polar surface area (TPSA) is 238 Å². The maximum Gasteiger partial charge on any atom is 0.305 e. The molecule has 0 aromatic rings. The Morgan fingerprint density at radius 2 is 0.702 bits per heavy atom. The highest BCUT2D eigenvalue weighted by Gasteiger charge is 2.56. The van der Waals surface area contributed by atoms with Crippen LogP contribution in [-0.2, 0) is 90.5 Å². The number of carbonyl (C=O) groups is 8. The van der Waals surface area contributed by atoms with Gasteiger partial charge in [-0.05, 0) is 0 Å². The molecule has 264 valence electrons. The van der Waals surface area contributed by atoms with E-state index in [0.717, 1.165) is 55.4 Å². The van der Waals surface area contributed by atoms with Crippen LogP contribution in [0.3, 0.4) is 0 Å². The van der Waals surface area contributed by atoms with Crippen molar-refractivity contribution in [1.29, 1.82) is 0 Å². The SMILES string of the molecule is CC(=O)OC[C@H]1O[C@H](OC[C@H]2OC(OC(C)=O)[C@@H](OC(C)=O)[C@@H](OC(C)=O)[C@@H]2OC(C)=O)[C@@H](OC(C)=O)[C@@H](OC(C)=O)[C@@H]1OC(C)=O. The lowest BCUT2D eigenvalue weighted by molar-refractivity contribution is -0.331. The fourth-order valence-electron chi connectivity index (χ4n) is 4.76. The first-order valence-electron chi connectivity index (χ1n) is 14.2. The van der Waals surface area contributed by atoms with Crippen molar-refractivity contribution in [1.82, 2.24) is 0 Å². The average molecular weight is 679 g/mol. The van der Waals surface area contributed by atoms with E-state index in [2.05, 4.69) is 0 Å². The molecular formula is C28H38O19. The Balaban J connectivity index is 2.56. The third-order valence-electron chi connectivity index (χ3n) is 6.15. The van der Waals surface area contributed by atoms with Crippen LogP contribution in [0, 0.1) is 0 Å². The minimum absolute atomic E-state index is 0.541. The Morgan fingerprint density at radius 1 is 0.383 bits per heavy atom. The molecule has 0 aliphatic carbocycles. The van der Waals surface area contributed by atoms with Crippen LogP contribution < -0.4 is 0 Å². The Labute approximate surface area is 268 Å². The normalized spacial score (nSPS) is 30.0. The molecule has 0 saturated carbocycles. The van der Waals surface area contributed by atoms with E-state index in [1.807, 2.05) is 0 Å². The first kappa shape index (κ1) is 38.8. The number of hydrogen-bond donors (Lipinski definition) is 0. The molecular weight excluding hydrogens is 640 g/mol. The zero-order valence-corrected chi connectivity index (χ0v) is 26.9. The summed E-state index contributed by atoms with van der Waals surface area (Å²) in [6.07, 6.45) is -15.6. The van der Waals surface area contributed by atoms with Crippen LogP contribution in [0.5, 0.6) is 0 Å². The summed E-state index contributed by atoms with van der Waals surface area (Å²) in [6, 6.07) is 0. The molecule has 47 heavy (non-hydrogen) atoms. The van der Waals surface area contributed by atoms with Gasteiger partial charge >= 0.3 is 47.8 Å². The van der Waals surface area contributed by atoms with Crippen molar-refractivity contribution >= 4 is 47.8 Å². The summed E-state index contributed by atoms with van der Waals surface area (Å²) >= 11 is 0. The van der Waals surface area contributed by atoms with Gasteiger partial charge in [0, 0.05) is 55.4 Å². The van der Waals surface area contributed by atoms with Crippen molar-refractivity contribution in [3.8, 4) is 0 Å². The molecule has 2 rings (SSSR count). The molecule has 0 amide bonds. The molecule has 2 saturated heterocycles. The lowest BCUT2D eigenvalue weighted by atomic mass is 9.97. The van der Waals surface area contributed by atoms with Crippen molar-refractivity contribution in [2.75, 3.05) is 13.2 Å². The Hall–Kier alpha value is -4.36. The molecule has 0 bridgehead atoms. The molecule has 19 heteroatoms. The minimum atomic E-state index is -1.71. The van der Waals surface area contributed by atoms with E-state index in [1.54, 1.807) is 0 Å². The van der Waals surface area contributed by atoms with Gasteiger partial charge in [0.2, 0.25) is 12.4 Å². The molecule has 0 aromatic heterocycles. The van der Waals surface area contributed by atoms with Gasteiger partial charge in [0.25, 0.3) is 0 Å². The predicted molar refractivity (Wildman–Crippen MR) is 145 cm³/mol. The molecule has 2 aliphatic heterocycles. The molecule has 10 atom stereocenters. The van der Waals surface area contributed by atoms with Crippen molar-refractivity contribution in [2.45, 2.75) is 117 Å². The summed E-state index contributed by atoms with van der Waals surface area (Å²) in [5, 5.41) is 0. The zero-order chi connectivity index (χ0) is 35.6. The molecule has 0 spiro atoms. The van der Waals surface area contributed by atoms with E-state index in [1.165, 1.54) is 0 Å². The molecule has 0 N–H and O–H groups in total. The summed E-state index contributed by atoms with van der Waals surface area (Å²) in [5.41, 5.74) is 0.